The first-order valence-corrected chi connectivity index (χ1v) is 14.6. The first kappa shape index (κ1) is 29.4. The van der Waals surface area contributed by atoms with Crippen molar-refractivity contribution in [3.05, 3.63) is 47.2 Å². The summed E-state index contributed by atoms with van der Waals surface area (Å²) in [7, 11) is 0.788. The van der Waals surface area contributed by atoms with Crippen LogP contribution in [0.4, 0.5) is 4.39 Å². The van der Waals surface area contributed by atoms with Crippen LogP contribution in [0, 0.1) is 11.2 Å². The molecule has 4 rings (SSSR count). The predicted molar refractivity (Wildman–Crippen MR) is 146 cm³/mol. The van der Waals surface area contributed by atoms with E-state index in [0.29, 0.717) is 37.4 Å². The quantitative estimate of drug-likeness (QED) is 0.446. The van der Waals surface area contributed by atoms with Gasteiger partial charge in [0.05, 0.1) is 25.8 Å². The molecule has 0 bridgehead atoms. The summed E-state index contributed by atoms with van der Waals surface area (Å²) in [6, 6.07) is 8.42. The minimum Gasteiger partial charge on any atom is -0.495 e. The Morgan fingerprint density at radius 1 is 1.03 bits per heavy atom. The first-order valence-electron chi connectivity index (χ1n) is 12.8. The molecular weight excluding hydrogens is 549 g/mol. The Bertz CT molecular complexity index is 1270. The zero-order valence-electron chi connectivity index (χ0n) is 22.5. The van der Waals surface area contributed by atoms with E-state index in [9.17, 15) is 17.6 Å². The number of hydrogen-bond acceptors (Lipinski definition) is 7. The average molecular weight is 584 g/mol. The van der Waals surface area contributed by atoms with Crippen molar-refractivity contribution in [1.82, 2.24) is 14.1 Å². The van der Waals surface area contributed by atoms with E-state index >= 15 is 0 Å². The predicted octanol–water partition coefficient (Wildman–Crippen LogP) is 3.51. The Balaban J connectivity index is 1.62. The number of halogens is 2. The average Bonchev–Trinajstić information content (AvgIpc) is 2.93. The van der Waals surface area contributed by atoms with Crippen molar-refractivity contribution >= 4 is 27.5 Å². The highest BCUT2D eigenvalue weighted by Gasteiger charge is 2.44. The standard InChI is InChI=1S/C27H35ClFN3O6S/c1-30-11-13-31(14-12-30)26(33)17-27(19-38-21-7-5-20(29)6-8-21)9-4-10-32(18-27)39(34,35)25-15-22(28)23(36-2)16-24(25)37-3/h5-8,15-16H,4,9-14,17-19H2,1-3H3. The molecule has 2 aliphatic rings. The third-order valence-corrected chi connectivity index (χ3v) is 9.58. The van der Waals surface area contributed by atoms with Crippen molar-refractivity contribution < 1.29 is 31.8 Å². The maximum Gasteiger partial charge on any atom is 0.246 e. The van der Waals surface area contributed by atoms with Crippen LogP contribution in [-0.2, 0) is 14.8 Å². The third kappa shape index (κ3) is 6.77. The monoisotopic (exact) mass is 583 g/mol. The normalized spacial score (nSPS) is 21.0. The number of carbonyl (C=O) groups is 1. The molecule has 2 saturated heterocycles. The van der Waals surface area contributed by atoms with E-state index in [1.807, 2.05) is 11.9 Å². The molecule has 39 heavy (non-hydrogen) atoms. The van der Waals surface area contributed by atoms with Gasteiger partial charge in [0.15, 0.2) is 0 Å². The molecule has 2 heterocycles. The number of methoxy groups -OCH3 is 2. The van der Waals surface area contributed by atoms with Gasteiger partial charge in [-0.25, -0.2) is 12.8 Å². The number of piperidine rings is 1. The first-order chi connectivity index (χ1) is 18.6. The number of likely N-dealkylation sites (N-methyl/N-ethyl adjacent to an activating group) is 1. The van der Waals surface area contributed by atoms with Crippen LogP contribution in [0.1, 0.15) is 19.3 Å². The van der Waals surface area contributed by atoms with E-state index in [1.165, 1.54) is 54.9 Å². The van der Waals surface area contributed by atoms with Crippen LogP contribution in [0.3, 0.4) is 0 Å². The van der Waals surface area contributed by atoms with E-state index in [0.717, 1.165) is 13.1 Å². The van der Waals surface area contributed by atoms with Gasteiger partial charge in [-0.15, -0.1) is 0 Å². The van der Waals surface area contributed by atoms with Crippen LogP contribution in [-0.4, -0.2) is 95.6 Å². The van der Waals surface area contributed by atoms with E-state index in [-0.39, 0.29) is 53.5 Å². The highest BCUT2D eigenvalue weighted by atomic mass is 35.5. The number of nitrogens with zero attached hydrogens (tertiary/aromatic N) is 3. The van der Waals surface area contributed by atoms with Crippen molar-refractivity contribution in [2.24, 2.45) is 5.41 Å². The zero-order valence-corrected chi connectivity index (χ0v) is 24.1. The van der Waals surface area contributed by atoms with Gasteiger partial charge < -0.3 is 24.0 Å². The molecule has 1 unspecified atom stereocenters. The zero-order chi connectivity index (χ0) is 28.2. The van der Waals surface area contributed by atoms with Crippen LogP contribution in [0.2, 0.25) is 5.02 Å². The number of rotatable bonds is 9. The van der Waals surface area contributed by atoms with Crippen molar-refractivity contribution in [3.8, 4) is 17.2 Å². The summed E-state index contributed by atoms with van der Waals surface area (Å²) in [5.74, 6) is 0.445. The van der Waals surface area contributed by atoms with Crippen LogP contribution in [0.25, 0.3) is 0 Å². The summed E-state index contributed by atoms with van der Waals surface area (Å²) in [6.07, 6.45) is 1.26. The van der Waals surface area contributed by atoms with Gasteiger partial charge in [0.1, 0.15) is 28.0 Å². The molecule has 0 aromatic heterocycles. The van der Waals surface area contributed by atoms with Crippen molar-refractivity contribution in [2.75, 3.05) is 67.1 Å². The number of piperazine rings is 1. The number of carbonyl (C=O) groups excluding carboxylic acids is 1. The Morgan fingerprint density at radius 3 is 2.33 bits per heavy atom. The summed E-state index contributed by atoms with van der Waals surface area (Å²) in [5.41, 5.74) is -0.788. The van der Waals surface area contributed by atoms with Crippen LogP contribution in [0.5, 0.6) is 17.2 Å². The van der Waals surface area contributed by atoms with Gasteiger partial charge in [0.25, 0.3) is 0 Å². The smallest absolute Gasteiger partial charge is 0.246 e. The van der Waals surface area contributed by atoms with Gasteiger partial charge in [-0.05, 0) is 50.2 Å². The molecule has 1 amide bonds. The van der Waals surface area contributed by atoms with Crippen molar-refractivity contribution in [1.29, 1.82) is 0 Å². The molecule has 0 aliphatic carbocycles. The minimum atomic E-state index is -4.05. The van der Waals surface area contributed by atoms with Crippen molar-refractivity contribution in [2.45, 2.75) is 24.2 Å². The summed E-state index contributed by atoms with van der Waals surface area (Å²) < 4.78 is 59.3. The van der Waals surface area contributed by atoms with Crippen LogP contribution < -0.4 is 14.2 Å². The molecular formula is C27H35ClFN3O6S. The molecule has 0 N–H and O–H groups in total. The van der Waals surface area contributed by atoms with Gasteiger partial charge in [-0.1, -0.05) is 11.6 Å². The molecule has 2 fully saturated rings. The van der Waals surface area contributed by atoms with Gasteiger partial charge in [-0.3, -0.25) is 4.79 Å². The second-order valence-electron chi connectivity index (χ2n) is 10.2. The summed E-state index contributed by atoms with van der Waals surface area (Å²) in [5, 5.41) is 0.144. The molecule has 0 spiro atoms. The number of amides is 1. The van der Waals surface area contributed by atoms with Crippen LogP contribution >= 0.6 is 11.6 Å². The fraction of sp³-hybridized carbons (Fsp3) is 0.519. The van der Waals surface area contributed by atoms with E-state index in [4.69, 9.17) is 25.8 Å². The second-order valence-corrected chi connectivity index (χ2v) is 12.5. The molecule has 12 heteroatoms. The minimum absolute atomic E-state index is 0.0323. The fourth-order valence-corrected chi connectivity index (χ4v) is 7.17. The number of benzene rings is 2. The van der Waals surface area contributed by atoms with Gasteiger partial charge in [0.2, 0.25) is 15.9 Å². The summed E-state index contributed by atoms with van der Waals surface area (Å²) in [4.78, 5) is 17.4. The number of ether oxygens (including phenoxy) is 3. The largest absolute Gasteiger partial charge is 0.495 e. The molecule has 2 aromatic rings. The highest BCUT2D eigenvalue weighted by molar-refractivity contribution is 7.89. The Hall–Kier alpha value is -2.60. The molecule has 1 atom stereocenters. The lowest BCUT2D eigenvalue weighted by atomic mass is 9.78. The maximum atomic E-state index is 13.9. The summed E-state index contributed by atoms with van der Waals surface area (Å²) in [6.45, 7) is 3.25. The fourth-order valence-electron chi connectivity index (χ4n) is 5.11. The van der Waals surface area contributed by atoms with E-state index < -0.39 is 15.4 Å². The van der Waals surface area contributed by atoms with Gasteiger partial charge in [-0.2, -0.15) is 4.31 Å². The van der Waals surface area contributed by atoms with Crippen LogP contribution in [0.15, 0.2) is 41.3 Å². The second kappa shape index (κ2) is 12.3. The topological polar surface area (TPSA) is 88.6 Å². The molecule has 2 aromatic carbocycles. The highest BCUT2D eigenvalue weighted by Crippen LogP contribution is 2.41. The molecule has 2 aliphatic heterocycles. The lowest BCUT2D eigenvalue weighted by Gasteiger charge is -2.43. The van der Waals surface area contributed by atoms with E-state index in [2.05, 4.69) is 4.90 Å². The Labute approximate surface area is 234 Å². The van der Waals surface area contributed by atoms with Gasteiger partial charge in [0, 0.05) is 57.2 Å². The third-order valence-electron chi connectivity index (χ3n) is 7.42. The number of sulfonamides is 1. The SMILES string of the molecule is COc1cc(OC)c(S(=O)(=O)N2CCCC(COc3ccc(F)cc3)(CC(=O)N3CCN(C)CC3)C2)cc1Cl. The lowest BCUT2D eigenvalue weighted by molar-refractivity contribution is -0.136. The molecule has 9 nitrogen and oxygen atoms in total. The Kier molecular flexibility index (Phi) is 9.25. The lowest BCUT2D eigenvalue weighted by Crippen LogP contribution is -2.53. The van der Waals surface area contributed by atoms with E-state index in [1.54, 1.807) is 0 Å². The molecule has 214 valence electrons. The van der Waals surface area contributed by atoms with Crippen molar-refractivity contribution in [3.63, 3.8) is 0 Å². The summed E-state index contributed by atoms with van der Waals surface area (Å²) >= 11 is 6.29. The Morgan fingerprint density at radius 2 is 1.69 bits per heavy atom. The molecule has 0 saturated carbocycles. The number of hydrogen-bond donors (Lipinski definition) is 0. The van der Waals surface area contributed by atoms with Gasteiger partial charge >= 0.3 is 0 Å². The molecule has 0 radical (unpaired) electrons. The maximum absolute atomic E-state index is 13.9.